The maximum atomic E-state index is 5.76. The molecule has 0 amide bonds. The Morgan fingerprint density at radius 2 is 2.60 bits per heavy atom. The number of nitrogens with two attached hydrogens (primary N) is 1. The molecule has 1 aromatic heterocycles. The predicted octanol–water partition coefficient (Wildman–Crippen LogP) is 1.61. The Morgan fingerprint density at radius 3 is 3.27 bits per heavy atom. The fraction of sp³-hybridized carbons (Fsp3) is 0.727. The van der Waals surface area contributed by atoms with Crippen LogP contribution in [-0.2, 0) is 17.6 Å². The van der Waals surface area contributed by atoms with Crippen molar-refractivity contribution in [2.45, 2.75) is 32.2 Å². The Bertz CT molecular complexity index is 305. The van der Waals surface area contributed by atoms with E-state index in [1.54, 1.807) is 11.3 Å². The van der Waals surface area contributed by atoms with Crippen molar-refractivity contribution in [1.82, 2.24) is 4.98 Å². The highest BCUT2D eigenvalue weighted by Gasteiger charge is 2.17. The predicted molar refractivity (Wildman–Crippen MR) is 62.1 cm³/mol. The second kappa shape index (κ2) is 5.05. The third kappa shape index (κ3) is 3.26. The van der Waals surface area contributed by atoms with Crippen molar-refractivity contribution in [1.29, 1.82) is 0 Å². The van der Waals surface area contributed by atoms with E-state index >= 15 is 0 Å². The molecule has 0 spiro atoms. The topological polar surface area (TPSA) is 48.1 Å². The van der Waals surface area contributed by atoms with E-state index in [0.717, 1.165) is 26.1 Å². The van der Waals surface area contributed by atoms with Crippen molar-refractivity contribution in [3.8, 4) is 0 Å². The van der Waals surface area contributed by atoms with Gasteiger partial charge in [0.25, 0.3) is 0 Å². The molecule has 84 valence electrons. The molecule has 0 radical (unpaired) electrons. The zero-order chi connectivity index (χ0) is 10.7. The Kier molecular flexibility index (Phi) is 3.72. The standard InChI is InChI=1S/C11H18N2OS/c1-8(12)4-10-6-13-11(15-10)5-9-2-3-14-7-9/h6,8-9H,2-5,7,12H2,1H3. The van der Waals surface area contributed by atoms with Gasteiger partial charge in [0, 0.05) is 36.8 Å². The Balaban J connectivity index is 1.88. The summed E-state index contributed by atoms with van der Waals surface area (Å²) >= 11 is 1.80. The molecule has 2 N–H and O–H groups in total. The molecule has 0 aromatic carbocycles. The van der Waals surface area contributed by atoms with E-state index in [4.69, 9.17) is 10.5 Å². The molecule has 3 nitrogen and oxygen atoms in total. The van der Waals surface area contributed by atoms with Crippen molar-refractivity contribution in [3.05, 3.63) is 16.1 Å². The largest absolute Gasteiger partial charge is 0.381 e. The van der Waals surface area contributed by atoms with Gasteiger partial charge in [0.05, 0.1) is 5.01 Å². The van der Waals surface area contributed by atoms with Gasteiger partial charge in [-0.2, -0.15) is 0 Å². The molecule has 1 aromatic rings. The molecule has 1 saturated heterocycles. The first-order chi connectivity index (χ1) is 7.24. The molecule has 2 unspecified atom stereocenters. The van der Waals surface area contributed by atoms with Crippen LogP contribution < -0.4 is 5.73 Å². The van der Waals surface area contributed by atoms with Crippen LogP contribution in [0.4, 0.5) is 0 Å². The van der Waals surface area contributed by atoms with Crippen LogP contribution in [0.25, 0.3) is 0 Å². The van der Waals surface area contributed by atoms with Crippen LogP contribution in [0, 0.1) is 5.92 Å². The molecule has 0 bridgehead atoms. The molecule has 2 atom stereocenters. The van der Waals surface area contributed by atoms with Crippen LogP contribution in [0.15, 0.2) is 6.20 Å². The smallest absolute Gasteiger partial charge is 0.0931 e. The summed E-state index contributed by atoms with van der Waals surface area (Å²) in [6.07, 6.45) is 5.17. The van der Waals surface area contributed by atoms with E-state index in [0.29, 0.717) is 5.92 Å². The summed E-state index contributed by atoms with van der Waals surface area (Å²) in [6.45, 7) is 3.86. The number of thiazole rings is 1. The number of nitrogens with zero attached hydrogens (tertiary/aromatic N) is 1. The molecule has 1 aliphatic rings. The number of aromatic nitrogens is 1. The van der Waals surface area contributed by atoms with Crippen LogP contribution in [-0.4, -0.2) is 24.2 Å². The maximum Gasteiger partial charge on any atom is 0.0931 e. The highest BCUT2D eigenvalue weighted by atomic mass is 32.1. The molecule has 0 aliphatic carbocycles. The summed E-state index contributed by atoms with van der Waals surface area (Å²) in [5.41, 5.74) is 5.76. The summed E-state index contributed by atoms with van der Waals surface area (Å²) in [4.78, 5) is 5.74. The Hall–Kier alpha value is -0.450. The van der Waals surface area contributed by atoms with Gasteiger partial charge in [-0.1, -0.05) is 0 Å². The number of hydrogen-bond donors (Lipinski definition) is 1. The van der Waals surface area contributed by atoms with Crippen LogP contribution >= 0.6 is 11.3 Å². The lowest BCUT2D eigenvalue weighted by Gasteiger charge is -2.03. The van der Waals surface area contributed by atoms with Gasteiger partial charge < -0.3 is 10.5 Å². The van der Waals surface area contributed by atoms with Gasteiger partial charge in [0.1, 0.15) is 0 Å². The average molecular weight is 226 g/mol. The van der Waals surface area contributed by atoms with E-state index in [9.17, 15) is 0 Å². The maximum absolute atomic E-state index is 5.76. The van der Waals surface area contributed by atoms with Crippen LogP contribution in [0.3, 0.4) is 0 Å². The van der Waals surface area contributed by atoms with E-state index < -0.39 is 0 Å². The summed E-state index contributed by atoms with van der Waals surface area (Å²) in [5.74, 6) is 0.680. The summed E-state index contributed by atoms with van der Waals surface area (Å²) in [5, 5.41) is 1.24. The van der Waals surface area contributed by atoms with Crippen molar-refractivity contribution in [3.63, 3.8) is 0 Å². The zero-order valence-electron chi connectivity index (χ0n) is 9.11. The highest BCUT2D eigenvalue weighted by Crippen LogP contribution is 2.22. The normalized spacial score (nSPS) is 23.2. The first kappa shape index (κ1) is 11.0. The summed E-state index contributed by atoms with van der Waals surface area (Å²) in [7, 11) is 0. The van der Waals surface area contributed by atoms with Gasteiger partial charge in [-0.15, -0.1) is 11.3 Å². The van der Waals surface area contributed by atoms with Crippen molar-refractivity contribution in [2.24, 2.45) is 11.7 Å². The van der Waals surface area contributed by atoms with E-state index in [-0.39, 0.29) is 6.04 Å². The van der Waals surface area contributed by atoms with Gasteiger partial charge in [0.2, 0.25) is 0 Å². The number of rotatable bonds is 4. The van der Waals surface area contributed by atoms with Gasteiger partial charge in [-0.25, -0.2) is 4.98 Å². The first-order valence-electron chi connectivity index (χ1n) is 5.51. The SMILES string of the molecule is CC(N)Cc1cnc(CC2CCOC2)s1. The third-order valence-corrected chi connectivity index (χ3v) is 3.65. The minimum Gasteiger partial charge on any atom is -0.381 e. The monoisotopic (exact) mass is 226 g/mol. The van der Waals surface area contributed by atoms with Crippen LogP contribution in [0.1, 0.15) is 23.2 Å². The lowest BCUT2D eigenvalue weighted by molar-refractivity contribution is 0.186. The number of hydrogen-bond acceptors (Lipinski definition) is 4. The molecule has 1 aliphatic heterocycles. The quantitative estimate of drug-likeness (QED) is 0.848. The molecule has 15 heavy (non-hydrogen) atoms. The fourth-order valence-corrected chi connectivity index (χ4v) is 3.02. The van der Waals surface area contributed by atoms with Crippen molar-refractivity contribution in [2.75, 3.05) is 13.2 Å². The second-order valence-electron chi connectivity index (χ2n) is 4.34. The molecular weight excluding hydrogens is 208 g/mol. The van der Waals surface area contributed by atoms with E-state index in [1.165, 1.54) is 16.3 Å². The van der Waals surface area contributed by atoms with Gasteiger partial charge >= 0.3 is 0 Å². The highest BCUT2D eigenvalue weighted by molar-refractivity contribution is 7.11. The molecule has 0 saturated carbocycles. The zero-order valence-corrected chi connectivity index (χ0v) is 9.93. The molecule has 2 heterocycles. The van der Waals surface area contributed by atoms with Crippen LogP contribution in [0.5, 0.6) is 0 Å². The van der Waals surface area contributed by atoms with Crippen molar-refractivity contribution < 1.29 is 4.74 Å². The average Bonchev–Trinajstić information content (AvgIpc) is 2.77. The first-order valence-corrected chi connectivity index (χ1v) is 6.32. The molecule has 1 fully saturated rings. The summed E-state index contributed by atoms with van der Waals surface area (Å²) in [6, 6.07) is 0.230. The molecule has 4 heteroatoms. The van der Waals surface area contributed by atoms with Gasteiger partial charge in [-0.3, -0.25) is 0 Å². The minimum atomic E-state index is 0.230. The lowest BCUT2D eigenvalue weighted by atomic mass is 10.1. The number of ether oxygens (including phenoxy) is 1. The Morgan fingerprint density at radius 1 is 1.73 bits per heavy atom. The second-order valence-corrected chi connectivity index (χ2v) is 5.54. The third-order valence-electron chi connectivity index (χ3n) is 2.61. The summed E-state index contributed by atoms with van der Waals surface area (Å²) < 4.78 is 5.36. The van der Waals surface area contributed by atoms with E-state index in [2.05, 4.69) is 4.98 Å². The molecular formula is C11H18N2OS. The fourth-order valence-electron chi connectivity index (χ4n) is 1.85. The molecule has 2 rings (SSSR count). The Labute approximate surface area is 94.7 Å². The van der Waals surface area contributed by atoms with Crippen LogP contribution in [0.2, 0.25) is 0 Å². The van der Waals surface area contributed by atoms with Gasteiger partial charge in [0.15, 0.2) is 0 Å². The minimum absolute atomic E-state index is 0.230. The van der Waals surface area contributed by atoms with E-state index in [1.807, 2.05) is 13.1 Å². The van der Waals surface area contributed by atoms with Crippen molar-refractivity contribution >= 4 is 11.3 Å². The van der Waals surface area contributed by atoms with Gasteiger partial charge in [-0.05, 0) is 25.7 Å². The lowest BCUT2D eigenvalue weighted by Crippen LogP contribution is -2.16.